The fourth-order valence-electron chi connectivity index (χ4n) is 1.81. The van der Waals surface area contributed by atoms with Crippen LogP contribution in [-0.2, 0) is 4.74 Å². The molecule has 0 saturated carbocycles. The maximum atomic E-state index is 11.5. The summed E-state index contributed by atoms with van der Waals surface area (Å²) in [6.07, 6.45) is 1.27. The van der Waals surface area contributed by atoms with Crippen LogP contribution in [0.1, 0.15) is 35.9 Å². The Morgan fingerprint density at radius 1 is 1.50 bits per heavy atom. The maximum absolute atomic E-state index is 11.5. The van der Waals surface area contributed by atoms with Crippen LogP contribution in [0.2, 0.25) is 0 Å². The van der Waals surface area contributed by atoms with Gasteiger partial charge in [0.15, 0.2) is 5.69 Å². The predicted octanol–water partition coefficient (Wildman–Crippen LogP) is 2.61. The molecule has 6 nitrogen and oxygen atoms in total. The summed E-state index contributed by atoms with van der Waals surface area (Å²) < 4.78 is 10.0. The second kappa shape index (κ2) is 6.10. The summed E-state index contributed by atoms with van der Waals surface area (Å²) in [7, 11) is 0. The van der Waals surface area contributed by atoms with Crippen LogP contribution in [0.15, 0.2) is 34.9 Å². The zero-order chi connectivity index (χ0) is 14.5. The number of rotatable bonds is 5. The van der Waals surface area contributed by atoms with Crippen LogP contribution in [0.25, 0.3) is 0 Å². The number of hydrogen-bond acceptors (Lipinski definition) is 6. The van der Waals surface area contributed by atoms with Crippen LogP contribution < -0.4 is 11.1 Å². The first-order valence-corrected chi connectivity index (χ1v) is 6.35. The van der Waals surface area contributed by atoms with E-state index in [9.17, 15) is 4.79 Å². The Morgan fingerprint density at radius 3 is 2.95 bits per heavy atom. The van der Waals surface area contributed by atoms with Gasteiger partial charge in [0.25, 0.3) is 6.01 Å². The molecule has 1 heterocycles. The van der Waals surface area contributed by atoms with Crippen molar-refractivity contribution in [2.24, 2.45) is 0 Å². The molecular weight excluding hydrogens is 258 g/mol. The summed E-state index contributed by atoms with van der Waals surface area (Å²) in [5.41, 5.74) is 7.66. The summed E-state index contributed by atoms with van der Waals surface area (Å²) in [6, 6.07) is 7.68. The van der Waals surface area contributed by atoms with E-state index in [2.05, 4.69) is 10.3 Å². The second-order valence-electron chi connectivity index (χ2n) is 4.25. The fraction of sp³-hybridized carbons (Fsp3) is 0.286. The number of ether oxygens (including phenoxy) is 1. The Morgan fingerprint density at radius 2 is 2.25 bits per heavy atom. The first kappa shape index (κ1) is 13.9. The molecule has 0 aliphatic carbocycles. The lowest BCUT2D eigenvalue weighted by molar-refractivity contribution is 0.0519. The first-order valence-electron chi connectivity index (χ1n) is 6.35. The molecule has 0 radical (unpaired) electrons. The Labute approximate surface area is 116 Å². The van der Waals surface area contributed by atoms with Crippen LogP contribution in [0.3, 0.4) is 0 Å². The Balaban J connectivity index is 2.07. The highest BCUT2D eigenvalue weighted by Gasteiger charge is 2.15. The number of anilines is 2. The smallest absolute Gasteiger partial charge is 0.360 e. The number of nitrogen functional groups attached to an aromatic ring is 1. The van der Waals surface area contributed by atoms with Crippen molar-refractivity contribution in [1.82, 2.24) is 4.98 Å². The largest absolute Gasteiger partial charge is 0.461 e. The zero-order valence-electron chi connectivity index (χ0n) is 11.4. The molecule has 106 valence electrons. The van der Waals surface area contributed by atoms with Gasteiger partial charge in [-0.1, -0.05) is 18.2 Å². The lowest BCUT2D eigenvalue weighted by atomic mass is 10.1. The van der Waals surface area contributed by atoms with E-state index in [1.165, 1.54) is 6.26 Å². The maximum Gasteiger partial charge on any atom is 0.360 e. The van der Waals surface area contributed by atoms with E-state index in [1.807, 2.05) is 31.2 Å². The van der Waals surface area contributed by atoms with E-state index in [0.29, 0.717) is 12.3 Å². The van der Waals surface area contributed by atoms with Crippen molar-refractivity contribution in [2.75, 3.05) is 17.7 Å². The number of hydrogen-bond donors (Lipinski definition) is 2. The number of carbonyl (C=O) groups is 1. The molecule has 20 heavy (non-hydrogen) atoms. The minimum atomic E-state index is -0.504. The van der Waals surface area contributed by atoms with E-state index in [4.69, 9.17) is 14.9 Å². The molecule has 2 rings (SSSR count). The second-order valence-corrected chi connectivity index (χ2v) is 4.25. The summed E-state index contributed by atoms with van der Waals surface area (Å²) in [5, 5.41) is 3.05. The molecule has 0 fully saturated rings. The van der Waals surface area contributed by atoms with Crippen molar-refractivity contribution < 1.29 is 13.9 Å². The number of oxazole rings is 1. The highest BCUT2D eigenvalue weighted by molar-refractivity contribution is 5.87. The molecule has 0 bridgehead atoms. The monoisotopic (exact) mass is 275 g/mol. The number of carbonyl (C=O) groups excluding carboxylic acids is 1. The Kier molecular flexibility index (Phi) is 4.24. The standard InChI is InChI=1S/C14H17N3O3/c1-3-19-13(18)12-8-20-14(17-12)16-9(2)10-6-4-5-7-11(10)15/h4-9H,3,15H2,1-2H3,(H,16,17). The number of nitrogens with two attached hydrogens (primary N) is 1. The molecule has 0 spiro atoms. The van der Waals surface area contributed by atoms with Gasteiger partial charge in [0, 0.05) is 5.69 Å². The topological polar surface area (TPSA) is 90.4 Å². The van der Waals surface area contributed by atoms with Gasteiger partial charge in [0.05, 0.1) is 12.6 Å². The molecule has 3 N–H and O–H groups in total. The lowest BCUT2D eigenvalue weighted by Crippen LogP contribution is -2.10. The van der Waals surface area contributed by atoms with Crippen molar-refractivity contribution >= 4 is 17.7 Å². The van der Waals surface area contributed by atoms with Gasteiger partial charge in [0.1, 0.15) is 6.26 Å². The van der Waals surface area contributed by atoms with Gasteiger partial charge in [-0.25, -0.2) is 4.79 Å². The highest BCUT2D eigenvalue weighted by Crippen LogP contribution is 2.23. The van der Waals surface area contributed by atoms with Crippen molar-refractivity contribution in [1.29, 1.82) is 0 Å². The zero-order valence-corrected chi connectivity index (χ0v) is 11.4. The van der Waals surface area contributed by atoms with Crippen LogP contribution >= 0.6 is 0 Å². The third kappa shape index (κ3) is 3.09. The number of aromatic nitrogens is 1. The minimum Gasteiger partial charge on any atom is -0.461 e. The molecule has 0 amide bonds. The molecule has 1 atom stereocenters. The number of nitrogens with zero attached hydrogens (tertiary/aromatic N) is 1. The normalized spacial score (nSPS) is 11.9. The van der Waals surface area contributed by atoms with Crippen molar-refractivity contribution in [3.05, 3.63) is 41.8 Å². The molecular formula is C14H17N3O3. The summed E-state index contributed by atoms with van der Waals surface area (Å²) in [6.45, 7) is 3.96. The van der Waals surface area contributed by atoms with Crippen molar-refractivity contribution in [2.45, 2.75) is 19.9 Å². The van der Waals surface area contributed by atoms with Gasteiger partial charge in [0.2, 0.25) is 0 Å². The highest BCUT2D eigenvalue weighted by atomic mass is 16.5. The van der Waals surface area contributed by atoms with Gasteiger partial charge in [-0.15, -0.1) is 0 Å². The van der Waals surface area contributed by atoms with Gasteiger partial charge in [-0.05, 0) is 25.5 Å². The van der Waals surface area contributed by atoms with E-state index >= 15 is 0 Å². The lowest BCUT2D eigenvalue weighted by Gasteiger charge is -2.14. The number of para-hydroxylation sites is 1. The quantitative estimate of drug-likeness (QED) is 0.644. The van der Waals surface area contributed by atoms with Gasteiger partial charge in [-0.3, -0.25) is 0 Å². The number of benzene rings is 1. The molecule has 1 unspecified atom stereocenters. The molecule has 1 aromatic carbocycles. The van der Waals surface area contributed by atoms with E-state index in [-0.39, 0.29) is 17.8 Å². The van der Waals surface area contributed by atoms with E-state index < -0.39 is 5.97 Å². The average molecular weight is 275 g/mol. The Bertz CT molecular complexity index is 595. The van der Waals surface area contributed by atoms with Crippen LogP contribution in [0.5, 0.6) is 0 Å². The van der Waals surface area contributed by atoms with Gasteiger partial charge >= 0.3 is 5.97 Å². The van der Waals surface area contributed by atoms with Gasteiger partial charge in [-0.2, -0.15) is 4.98 Å². The molecule has 1 aromatic heterocycles. The summed E-state index contributed by atoms with van der Waals surface area (Å²) in [5.74, 6) is -0.504. The van der Waals surface area contributed by atoms with Crippen molar-refractivity contribution in [3.63, 3.8) is 0 Å². The summed E-state index contributed by atoms with van der Waals surface area (Å²) >= 11 is 0. The van der Waals surface area contributed by atoms with Crippen LogP contribution in [0.4, 0.5) is 11.7 Å². The molecule has 0 aliphatic heterocycles. The number of esters is 1. The first-order chi connectivity index (χ1) is 9.61. The third-order valence-electron chi connectivity index (χ3n) is 2.79. The molecule has 6 heteroatoms. The molecule has 2 aromatic rings. The van der Waals surface area contributed by atoms with Gasteiger partial charge < -0.3 is 20.2 Å². The Hall–Kier alpha value is -2.50. The fourth-order valence-corrected chi connectivity index (χ4v) is 1.81. The SMILES string of the molecule is CCOC(=O)c1coc(NC(C)c2ccccc2N)n1. The molecule has 0 saturated heterocycles. The third-order valence-corrected chi connectivity index (χ3v) is 2.79. The average Bonchev–Trinajstić information content (AvgIpc) is 2.88. The van der Waals surface area contributed by atoms with Crippen molar-refractivity contribution in [3.8, 4) is 0 Å². The predicted molar refractivity (Wildman–Crippen MR) is 75.4 cm³/mol. The minimum absolute atomic E-state index is 0.0927. The number of nitrogens with one attached hydrogen (secondary N) is 1. The van der Waals surface area contributed by atoms with E-state index in [0.717, 1.165) is 5.56 Å². The van der Waals surface area contributed by atoms with Crippen LogP contribution in [-0.4, -0.2) is 17.6 Å². The van der Waals surface area contributed by atoms with Crippen LogP contribution in [0, 0.1) is 0 Å². The summed E-state index contributed by atoms with van der Waals surface area (Å²) in [4.78, 5) is 15.5. The van der Waals surface area contributed by atoms with E-state index in [1.54, 1.807) is 6.92 Å². The molecule has 0 aliphatic rings.